The Labute approximate surface area is 159 Å². The molecule has 0 aromatic heterocycles. The van der Waals surface area contributed by atoms with Crippen LogP contribution in [-0.2, 0) is 14.8 Å². The van der Waals surface area contributed by atoms with Crippen molar-refractivity contribution in [2.45, 2.75) is 30.8 Å². The lowest BCUT2D eigenvalue weighted by atomic mass is 10.0. The molecular weight excluding hydrogens is 360 g/mol. The van der Waals surface area contributed by atoms with Crippen LogP contribution in [-0.4, -0.2) is 20.4 Å². The molecule has 1 amide bonds. The van der Waals surface area contributed by atoms with Crippen LogP contribution in [0.25, 0.3) is 10.8 Å². The molecule has 0 saturated carbocycles. The third kappa shape index (κ3) is 4.53. The van der Waals surface area contributed by atoms with Crippen LogP contribution in [0.15, 0.2) is 77.7 Å². The number of carbonyl (C=O) groups excluding carboxylic acids is 1. The van der Waals surface area contributed by atoms with E-state index < -0.39 is 16.1 Å². The minimum Gasteiger partial charge on any atom is -0.348 e. The van der Waals surface area contributed by atoms with Gasteiger partial charge >= 0.3 is 0 Å². The number of benzene rings is 3. The zero-order valence-electron chi connectivity index (χ0n) is 15.2. The van der Waals surface area contributed by atoms with E-state index in [4.69, 9.17) is 0 Å². The van der Waals surface area contributed by atoms with Gasteiger partial charge in [-0.2, -0.15) is 4.72 Å². The van der Waals surface area contributed by atoms with E-state index in [0.717, 1.165) is 16.3 Å². The van der Waals surface area contributed by atoms with Gasteiger partial charge in [-0.25, -0.2) is 8.42 Å². The molecule has 0 spiro atoms. The van der Waals surface area contributed by atoms with Gasteiger partial charge in [-0.05, 0) is 48.4 Å². The third-order valence-electron chi connectivity index (χ3n) is 4.41. The van der Waals surface area contributed by atoms with E-state index in [1.54, 1.807) is 18.2 Å². The summed E-state index contributed by atoms with van der Waals surface area (Å²) in [5.74, 6) is -0.379. The van der Waals surface area contributed by atoms with Crippen molar-refractivity contribution in [3.05, 3.63) is 78.4 Å². The minimum absolute atomic E-state index is 0.132. The number of hydrogen-bond donors (Lipinski definition) is 2. The molecule has 0 bridgehead atoms. The Morgan fingerprint density at radius 3 is 2.19 bits per heavy atom. The maximum absolute atomic E-state index is 12.5. The monoisotopic (exact) mass is 382 g/mol. The number of fused-ring (bicyclic) bond motifs is 1. The molecule has 5 nitrogen and oxygen atoms in total. The number of sulfonamides is 1. The molecule has 140 valence electrons. The van der Waals surface area contributed by atoms with Crippen LogP contribution in [0.1, 0.15) is 25.5 Å². The average molecular weight is 382 g/mol. The average Bonchev–Trinajstić information content (AvgIpc) is 2.67. The fraction of sp³-hybridized carbons (Fsp3) is 0.190. The van der Waals surface area contributed by atoms with Crippen molar-refractivity contribution in [3.8, 4) is 0 Å². The zero-order chi connectivity index (χ0) is 19.4. The Hall–Kier alpha value is -2.70. The predicted octanol–water partition coefficient (Wildman–Crippen LogP) is 3.38. The van der Waals surface area contributed by atoms with Crippen LogP contribution in [0.4, 0.5) is 0 Å². The standard InChI is InChI=1S/C21H22N2O3S/c1-15(18-13-12-17-8-6-7-9-19(17)14-18)22-21(24)16(2)23-27(25,26)20-10-4-3-5-11-20/h3-16,23H,1-2H3,(H,22,24). The molecule has 0 radical (unpaired) electrons. The Morgan fingerprint density at radius 2 is 1.48 bits per heavy atom. The maximum Gasteiger partial charge on any atom is 0.241 e. The summed E-state index contributed by atoms with van der Waals surface area (Å²) in [5.41, 5.74) is 0.958. The normalized spacial score (nSPS) is 13.9. The number of hydrogen-bond acceptors (Lipinski definition) is 3. The molecule has 27 heavy (non-hydrogen) atoms. The SMILES string of the molecule is CC(NS(=O)(=O)c1ccccc1)C(=O)NC(C)c1ccc2ccccc2c1. The van der Waals surface area contributed by atoms with E-state index in [0.29, 0.717) is 0 Å². The van der Waals surface area contributed by atoms with Gasteiger partial charge in [-0.15, -0.1) is 0 Å². The highest BCUT2D eigenvalue weighted by molar-refractivity contribution is 7.89. The van der Waals surface area contributed by atoms with Gasteiger partial charge in [0.25, 0.3) is 0 Å². The Balaban J connectivity index is 1.68. The van der Waals surface area contributed by atoms with Crippen molar-refractivity contribution >= 4 is 26.7 Å². The van der Waals surface area contributed by atoms with Crippen LogP contribution in [0.3, 0.4) is 0 Å². The lowest BCUT2D eigenvalue weighted by Gasteiger charge is -2.19. The van der Waals surface area contributed by atoms with Gasteiger partial charge in [0.15, 0.2) is 0 Å². The van der Waals surface area contributed by atoms with Gasteiger partial charge in [0.05, 0.1) is 17.0 Å². The van der Waals surface area contributed by atoms with E-state index in [1.165, 1.54) is 19.1 Å². The molecule has 3 rings (SSSR count). The Morgan fingerprint density at radius 1 is 0.852 bits per heavy atom. The molecule has 0 heterocycles. The smallest absolute Gasteiger partial charge is 0.241 e. The summed E-state index contributed by atoms with van der Waals surface area (Å²) in [6.45, 7) is 3.41. The number of amides is 1. The Bertz CT molecular complexity index is 1050. The molecular formula is C21H22N2O3S. The van der Waals surface area contributed by atoms with Crippen molar-refractivity contribution in [2.24, 2.45) is 0 Å². The highest BCUT2D eigenvalue weighted by Crippen LogP contribution is 2.20. The van der Waals surface area contributed by atoms with Crippen molar-refractivity contribution < 1.29 is 13.2 Å². The lowest BCUT2D eigenvalue weighted by Crippen LogP contribution is -2.45. The summed E-state index contributed by atoms with van der Waals surface area (Å²) in [4.78, 5) is 12.6. The Kier molecular flexibility index (Phi) is 5.58. The summed E-state index contributed by atoms with van der Waals surface area (Å²) in [6, 6.07) is 20.9. The number of nitrogens with one attached hydrogen (secondary N) is 2. The lowest BCUT2D eigenvalue weighted by molar-refractivity contribution is -0.123. The van der Waals surface area contributed by atoms with Crippen LogP contribution in [0.5, 0.6) is 0 Å². The molecule has 6 heteroatoms. The summed E-state index contributed by atoms with van der Waals surface area (Å²) in [6.07, 6.45) is 0. The first-order valence-electron chi connectivity index (χ1n) is 8.73. The molecule has 0 aliphatic heterocycles. The first kappa shape index (κ1) is 19.1. The van der Waals surface area contributed by atoms with Crippen molar-refractivity contribution in [1.29, 1.82) is 0 Å². The quantitative estimate of drug-likeness (QED) is 0.686. The maximum atomic E-state index is 12.5. The van der Waals surface area contributed by atoms with E-state index in [1.807, 2.05) is 49.4 Å². The zero-order valence-corrected chi connectivity index (χ0v) is 16.0. The molecule has 0 saturated heterocycles. The minimum atomic E-state index is -3.74. The second-order valence-corrected chi connectivity index (χ2v) is 8.21. The fourth-order valence-corrected chi connectivity index (χ4v) is 4.08. The molecule has 2 atom stereocenters. The van der Waals surface area contributed by atoms with Crippen LogP contribution in [0, 0.1) is 0 Å². The van der Waals surface area contributed by atoms with Gasteiger partial charge in [0, 0.05) is 0 Å². The second kappa shape index (κ2) is 7.90. The first-order valence-corrected chi connectivity index (χ1v) is 10.2. The van der Waals surface area contributed by atoms with Gasteiger partial charge in [-0.1, -0.05) is 54.6 Å². The molecule has 0 aliphatic carbocycles. The van der Waals surface area contributed by atoms with E-state index >= 15 is 0 Å². The summed E-state index contributed by atoms with van der Waals surface area (Å²) < 4.78 is 27.1. The highest BCUT2D eigenvalue weighted by atomic mass is 32.2. The van der Waals surface area contributed by atoms with Crippen molar-refractivity contribution in [1.82, 2.24) is 10.0 Å². The molecule has 0 fully saturated rings. The molecule has 3 aromatic rings. The van der Waals surface area contributed by atoms with Crippen LogP contribution < -0.4 is 10.0 Å². The van der Waals surface area contributed by atoms with Gasteiger partial charge in [0.1, 0.15) is 0 Å². The van der Waals surface area contributed by atoms with Crippen LogP contribution >= 0.6 is 0 Å². The highest BCUT2D eigenvalue weighted by Gasteiger charge is 2.23. The van der Waals surface area contributed by atoms with Gasteiger partial charge in [0.2, 0.25) is 15.9 Å². The number of rotatable bonds is 6. The first-order chi connectivity index (χ1) is 12.9. The van der Waals surface area contributed by atoms with Crippen molar-refractivity contribution in [2.75, 3.05) is 0 Å². The van der Waals surface area contributed by atoms with Crippen molar-refractivity contribution in [3.63, 3.8) is 0 Å². The van der Waals surface area contributed by atoms with E-state index in [-0.39, 0.29) is 16.8 Å². The summed E-state index contributed by atoms with van der Waals surface area (Å²) in [5, 5.41) is 5.09. The topological polar surface area (TPSA) is 75.3 Å². The third-order valence-corrected chi connectivity index (χ3v) is 5.97. The molecule has 3 aromatic carbocycles. The van der Waals surface area contributed by atoms with E-state index in [9.17, 15) is 13.2 Å². The predicted molar refractivity (Wildman–Crippen MR) is 107 cm³/mol. The van der Waals surface area contributed by atoms with Crippen LogP contribution in [0.2, 0.25) is 0 Å². The molecule has 0 aliphatic rings. The fourth-order valence-electron chi connectivity index (χ4n) is 2.85. The van der Waals surface area contributed by atoms with E-state index in [2.05, 4.69) is 10.0 Å². The van der Waals surface area contributed by atoms with Gasteiger partial charge < -0.3 is 5.32 Å². The largest absolute Gasteiger partial charge is 0.348 e. The van der Waals surface area contributed by atoms with Gasteiger partial charge in [-0.3, -0.25) is 4.79 Å². The molecule has 2 N–H and O–H groups in total. The number of carbonyl (C=O) groups is 1. The summed E-state index contributed by atoms with van der Waals surface area (Å²) in [7, 11) is -3.74. The summed E-state index contributed by atoms with van der Waals surface area (Å²) >= 11 is 0. The second-order valence-electron chi connectivity index (χ2n) is 6.49. The molecule has 2 unspecified atom stereocenters.